The van der Waals surface area contributed by atoms with E-state index in [0.29, 0.717) is 18.1 Å². The minimum atomic E-state index is 0.346. The third-order valence-electron chi connectivity index (χ3n) is 3.90. The lowest BCUT2D eigenvalue weighted by molar-refractivity contribution is 0.0610. The van der Waals surface area contributed by atoms with Gasteiger partial charge in [-0.15, -0.1) is 0 Å². The average Bonchev–Trinajstić information content (AvgIpc) is 2.83. The Hall–Kier alpha value is -0.380. The van der Waals surface area contributed by atoms with Crippen molar-refractivity contribution in [2.45, 2.75) is 45.3 Å². The van der Waals surface area contributed by atoms with E-state index in [-0.39, 0.29) is 0 Å². The van der Waals surface area contributed by atoms with Crippen LogP contribution >= 0.6 is 15.9 Å². The molecule has 0 aromatic heterocycles. The molecule has 1 aromatic rings. The van der Waals surface area contributed by atoms with Gasteiger partial charge in [0, 0.05) is 17.1 Å². The van der Waals surface area contributed by atoms with Crippen LogP contribution in [0, 0.1) is 5.92 Å². The fourth-order valence-electron chi connectivity index (χ4n) is 2.77. The summed E-state index contributed by atoms with van der Waals surface area (Å²) in [6.07, 6.45) is 3.72. The van der Waals surface area contributed by atoms with Gasteiger partial charge in [0.2, 0.25) is 0 Å². The van der Waals surface area contributed by atoms with Crippen molar-refractivity contribution >= 4 is 15.9 Å². The molecular weight excluding hydrogens is 302 g/mol. The number of benzene rings is 1. The molecule has 1 aromatic carbocycles. The number of hydrogen-bond donors (Lipinski definition) is 1. The average molecular weight is 326 g/mol. The molecule has 1 aliphatic heterocycles. The van der Waals surface area contributed by atoms with Crippen LogP contribution < -0.4 is 5.32 Å². The molecule has 1 N–H and O–H groups in total. The van der Waals surface area contributed by atoms with Crippen molar-refractivity contribution in [1.29, 1.82) is 0 Å². The fourth-order valence-corrected chi connectivity index (χ4v) is 3.21. The molecule has 1 saturated heterocycles. The van der Waals surface area contributed by atoms with E-state index in [1.54, 1.807) is 0 Å². The Balaban J connectivity index is 2.07. The molecule has 3 heteroatoms. The number of halogens is 1. The zero-order chi connectivity index (χ0) is 13.7. The van der Waals surface area contributed by atoms with Gasteiger partial charge in [0.1, 0.15) is 0 Å². The van der Waals surface area contributed by atoms with Gasteiger partial charge in [-0.05, 0) is 43.4 Å². The van der Waals surface area contributed by atoms with Crippen LogP contribution in [0.2, 0.25) is 0 Å². The standard InChI is InChI=1S/C16H24BrNO/c1-3-9-18-15(16-12(2)8-10-19-16)11-13-6-4-5-7-14(13)17/h4-7,12,15-16,18H,3,8-11H2,1-2H3. The highest BCUT2D eigenvalue weighted by atomic mass is 79.9. The van der Waals surface area contributed by atoms with Crippen LogP contribution in [-0.4, -0.2) is 25.3 Å². The number of hydrogen-bond acceptors (Lipinski definition) is 2. The molecule has 0 aliphatic carbocycles. The lowest BCUT2D eigenvalue weighted by Crippen LogP contribution is -2.44. The van der Waals surface area contributed by atoms with Crippen LogP contribution in [0.5, 0.6) is 0 Å². The minimum absolute atomic E-state index is 0.346. The molecule has 1 aliphatic rings. The smallest absolute Gasteiger partial charge is 0.0757 e. The Morgan fingerprint density at radius 3 is 2.84 bits per heavy atom. The first-order chi connectivity index (χ1) is 9.22. The van der Waals surface area contributed by atoms with E-state index in [0.717, 1.165) is 26.0 Å². The molecule has 1 heterocycles. The molecule has 106 valence electrons. The molecule has 0 bridgehead atoms. The molecule has 19 heavy (non-hydrogen) atoms. The maximum absolute atomic E-state index is 5.96. The predicted molar refractivity (Wildman–Crippen MR) is 83.4 cm³/mol. The Morgan fingerprint density at radius 1 is 1.42 bits per heavy atom. The number of rotatable bonds is 6. The summed E-state index contributed by atoms with van der Waals surface area (Å²) < 4.78 is 7.16. The van der Waals surface area contributed by atoms with Gasteiger partial charge in [0.05, 0.1) is 6.10 Å². The molecule has 0 spiro atoms. The lowest BCUT2D eigenvalue weighted by Gasteiger charge is -2.27. The van der Waals surface area contributed by atoms with Crippen molar-refractivity contribution in [2.75, 3.05) is 13.2 Å². The van der Waals surface area contributed by atoms with Crippen LogP contribution in [-0.2, 0) is 11.2 Å². The Bertz CT molecular complexity index is 396. The molecule has 1 fully saturated rings. The first kappa shape index (κ1) is 15.0. The molecule has 2 nitrogen and oxygen atoms in total. The Kier molecular flexibility index (Phi) is 5.86. The van der Waals surface area contributed by atoms with Crippen molar-refractivity contribution in [3.05, 3.63) is 34.3 Å². The van der Waals surface area contributed by atoms with Crippen LogP contribution in [0.15, 0.2) is 28.7 Å². The lowest BCUT2D eigenvalue weighted by atomic mass is 9.93. The van der Waals surface area contributed by atoms with Gasteiger partial charge in [0.25, 0.3) is 0 Å². The first-order valence-corrected chi connectivity index (χ1v) is 8.10. The van der Waals surface area contributed by atoms with E-state index in [1.807, 2.05) is 0 Å². The number of nitrogens with one attached hydrogen (secondary N) is 1. The SMILES string of the molecule is CCCNC(Cc1ccccc1Br)C1OCCC1C. The quantitative estimate of drug-likeness (QED) is 0.859. The van der Waals surface area contributed by atoms with E-state index < -0.39 is 0 Å². The van der Waals surface area contributed by atoms with Gasteiger partial charge in [-0.2, -0.15) is 0 Å². The maximum Gasteiger partial charge on any atom is 0.0757 e. The molecule has 0 radical (unpaired) electrons. The zero-order valence-electron chi connectivity index (χ0n) is 11.9. The van der Waals surface area contributed by atoms with Gasteiger partial charge in [-0.25, -0.2) is 0 Å². The maximum atomic E-state index is 5.96. The summed E-state index contributed by atoms with van der Waals surface area (Å²) >= 11 is 3.65. The second-order valence-corrected chi connectivity index (χ2v) is 6.31. The van der Waals surface area contributed by atoms with Crippen LogP contribution in [0.25, 0.3) is 0 Å². The Morgan fingerprint density at radius 2 is 2.21 bits per heavy atom. The van der Waals surface area contributed by atoms with E-state index in [1.165, 1.54) is 16.5 Å². The highest BCUT2D eigenvalue weighted by Crippen LogP contribution is 2.26. The second-order valence-electron chi connectivity index (χ2n) is 5.46. The van der Waals surface area contributed by atoms with E-state index >= 15 is 0 Å². The normalized spacial score (nSPS) is 24.6. The third-order valence-corrected chi connectivity index (χ3v) is 4.67. The van der Waals surface area contributed by atoms with Crippen molar-refractivity contribution in [1.82, 2.24) is 5.32 Å². The second kappa shape index (κ2) is 7.41. The summed E-state index contributed by atoms with van der Waals surface area (Å²) in [5.41, 5.74) is 1.36. The van der Waals surface area contributed by atoms with Gasteiger partial charge < -0.3 is 10.1 Å². The van der Waals surface area contributed by atoms with Crippen LogP contribution in [0.4, 0.5) is 0 Å². The summed E-state index contributed by atoms with van der Waals surface area (Å²) in [5.74, 6) is 0.650. The topological polar surface area (TPSA) is 21.3 Å². The monoisotopic (exact) mass is 325 g/mol. The van der Waals surface area contributed by atoms with Crippen molar-refractivity contribution in [3.63, 3.8) is 0 Å². The molecule has 3 unspecified atom stereocenters. The predicted octanol–water partition coefficient (Wildman–Crippen LogP) is 3.78. The summed E-state index contributed by atoms with van der Waals surface area (Å²) in [4.78, 5) is 0. The largest absolute Gasteiger partial charge is 0.376 e. The van der Waals surface area contributed by atoms with Crippen molar-refractivity contribution in [3.8, 4) is 0 Å². The molecule has 2 rings (SSSR count). The summed E-state index contributed by atoms with van der Waals surface area (Å²) in [7, 11) is 0. The molecule has 0 saturated carbocycles. The Labute approximate surface area is 125 Å². The minimum Gasteiger partial charge on any atom is -0.376 e. The van der Waals surface area contributed by atoms with Gasteiger partial charge in [-0.1, -0.05) is 48.0 Å². The molecule has 0 amide bonds. The first-order valence-electron chi connectivity index (χ1n) is 7.30. The van der Waals surface area contributed by atoms with Crippen molar-refractivity contribution < 1.29 is 4.74 Å². The van der Waals surface area contributed by atoms with Crippen LogP contribution in [0.1, 0.15) is 32.3 Å². The summed E-state index contributed by atoms with van der Waals surface area (Å²) in [6, 6.07) is 8.90. The van der Waals surface area contributed by atoms with Gasteiger partial charge in [-0.3, -0.25) is 0 Å². The fraction of sp³-hybridized carbons (Fsp3) is 0.625. The van der Waals surface area contributed by atoms with E-state index in [2.05, 4.69) is 59.4 Å². The zero-order valence-corrected chi connectivity index (χ0v) is 13.4. The number of ether oxygens (including phenoxy) is 1. The van der Waals surface area contributed by atoms with E-state index in [9.17, 15) is 0 Å². The van der Waals surface area contributed by atoms with Crippen molar-refractivity contribution in [2.24, 2.45) is 5.92 Å². The van der Waals surface area contributed by atoms with Crippen LogP contribution in [0.3, 0.4) is 0 Å². The third kappa shape index (κ3) is 4.04. The van der Waals surface area contributed by atoms with Gasteiger partial charge in [0.15, 0.2) is 0 Å². The molecular formula is C16H24BrNO. The van der Waals surface area contributed by atoms with E-state index in [4.69, 9.17) is 4.74 Å². The highest BCUT2D eigenvalue weighted by Gasteiger charge is 2.31. The summed E-state index contributed by atoms with van der Waals surface area (Å²) in [5, 5.41) is 3.67. The summed E-state index contributed by atoms with van der Waals surface area (Å²) in [6.45, 7) is 6.48. The van der Waals surface area contributed by atoms with Gasteiger partial charge >= 0.3 is 0 Å². The molecule has 3 atom stereocenters. The highest BCUT2D eigenvalue weighted by molar-refractivity contribution is 9.10.